The van der Waals surface area contributed by atoms with Crippen molar-refractivity contribution >= 4 is 27.4 Å². The molecule has 2 aromatic rings. The summed E-state index contributed by atoms with van der Waals surface area (Å²) in [5.74, 6) is 1.16. The highest BCUT2D eigenvalue weighted by molar-refractivity contribution is 7.93. The van der Waals surface area contributed by atoms with Crippen LogP contribution in [0.15, 0.2) is 30.3 Å². The van der Waals surface area contributed by atoms with Gasteiger partial charge in [0.15, 0.2) is 15.7 Å². The number of ether oxygens (including phenoxy) is 1. The summed E-state index contributed by atoms with van der Waals surface area (Å²) in [4.78, 5) is 24.0. The smallest absolute Gasteiger partial charge is 0.319 e. The first-order chi connectivity index (χ1) is 17.1. The molecule has 2 heterocycles. The third-order valence-corrected chi connectivity index (χ3v) is 10.5. The maximum atomic E-state index is 13.3. The largest absolute Gasteiger partial charge is 0.377 e. The molecule has 1 aromatic heterocycles. The van der Waals surface area contributed by atoms with Crippen LogP contribution < -0.4 is 15.5 Å². The number of hydrogen-bond acceptors (Lipinski definition) is 7. The van der Waals surface area contributed by atoms with E-state index < -0.39 is 14.6 Å². The van der Waals surface area contributed by atoms with E-state index in [1.165, 1.54) is 0 Å². The standard InChI is InChI=1S/C26H35N5O4S/c1-17-16-35-14-13-31(17)23-15-22(26(2,3)36(33,34)21-11-12-21)29-24(30-23)18-7-9-20(10-8-18)28-25(32)27-19-5-4-6-19/h7-10,15,17,19,21H,4-6,11-14,16H2,1-3H3,(H2,27,28,32)/t17-/m0/s1. The van der Waals surface area contributed by atoms with E-state index in [0.717, 1.165) is 24.8 Å². The van der Waals surface area contributed by atoms with E-state index in [2.05, 4.69) is 22.5 Å². The third-order valence-electron chi connectivity index (χ3n) is 7.51. The number of rotatable bonds is 7. The quantitative estimate of drug-likeness (QED) is 0.578. The summed E-state index contributed by atoms with van der Waals surface area (Å²) in [6, 6.07) is 9.33. The molecule has 10 heteroatoms. The van der Waals surface area contributed by atoms with Gasteiger partial charge < -0.3 is 20.3 Å². The number of amides is 2. The van der Waals surface area contributed by atoms with E-state index in [1.54, 1.807) is 13.8 Å². The fraction of sp³-hybridized carbons (Fsp3) is 0.577. The molecular formula is C26H35N5O4S. The lowest BCUT2D eigenvalue weighted by Crippen LogP contribution is -2.44. The number of carbonyl (C=O) groups excluding carboxylic acids is 1. The van der Waals surface area contributed by atoms with Gasteiger partial charge in [0, 0.05) is 29.9 Å². The van der Waals surface area contributed by atoms with Gasteiger partial charge in [-0.2, -0.15) is 0 Å². The molecule has 2 amide bonds. The second-order valence-electron chi connectivity index (χ2n) is 10.6. The van der Waals surface area contributed by atoms with Gasteiger partial charge in [0.1, 0.15) is 10.6 Å². The number of sulfone groups is 1. The average molecular weight is 514 g/mol. The van der Waals surface area contributed by atoms with Crippen LogP contribution in [0, 0.1) is 0 Å². The summed E-state index contributed by atoms with van der Waals surface area (Å²) >= 11 is 0. The number of aromatic nitrogens is 2. The van der Waals surface area contributed by atoms with E-state index in [4.69, 9.17) is 14.7 Å². The Kier molecular flexibility index (Phi) is 6.67. The van der Waals surface area contributed by atoms with Crippen molar-refractivity contribution in [3.05, 3.63) is 36.0 Å². The maximum Gasteiger partial charge on any atom is 0.319 e. The molecular weight excluding hydrogens is 478 g/mol. The normalized spacial score (nSPS) is 21.1. The van der Waals surface area contributed by atoms with Gasteiger partial charge in [0.25, 0.3) is 0 Å². The monoisotopic (exact) mass is 513 g/mol. The second kappa shape index (κ2) is 9.63. The lowest BCUT2D eigenvalue weighted by molar-refractivity contribution is 0.0985. The van der Waals surface area contributed by atoms with E-state index in [9.17, 15) is 13.2 Å². The van der Waals surface area contributed by atoms with Crippen molar-refractivity contribution in [2.24, 2.45) is 0 Å². The van der Waals surface area contributed by atoms with Crippen molar-refractivity contribution in [1.82, 2.24) is 15.3 Å². The molecule has 2 saturated carbocycles. The molecule has 1 aliphatic heterocycles. The van der Waals surface area contributed by atoms with Crippen molar-refractivity contribution in [2.75, 3.05) is 30.0 Å². The van der Waals surface area contributed by atoms with E-state index >= 15 is 0 Å². The number of hydrogen-bond donors (Lipinski definition) is 2. The predicted molar refractivity (Wildman–Crippen MR) is 140 cm³/mol. The second-order valence-corrected chi connectivity index (χ2v) is 13.4. The van der Waals surface area contributed by atoms with Gasteiger partial charge in [0.05, 0.1) is 30.2 Å². The van der Waals surface area contributed by atoms with Crippen molar-refractivity contribution < 1.29 is 17.9 Å². The molecule has 9 nitrogen and oxygen atoms in total. The SMILES string of the molecule is C[C@H]1COCCN1c1cc(C(C)(C)S(=O)(=O)C2CC2)nc(-c2ccc(NC(=O)NC3CCC3)cc2)n1. The highest BCUT2D eigenvalue weighted by atomic mass is 32.2. The topological polar surface area (TPSA) is 114 Å². The first-order valence-electron chi connectivity index (χ1n) is 12.8. The molecule has 1 saturated heterocycles. The van der Waals surface area contributed by atoms with E-state index in [1.807, 2.05) is 30.3 Å². The minimum absolute atomic E-state index is 0.109. The van der Waals surface area contributed by atoms with Crippen LogP contribution in [0.2, 0.25) is 0 Å². The zero-order valence-electron chi connectivity index (χ0n) is 21.2. The molecule has 194 valence electrons. The van der Waals surface area contributed by atoms with Crippen LogP contribution in [0.3, 0.4) is 0 Å². The number of nitrogens with zero attached hydrogens (tertiary/aromatic N) is 3. The molecule has 5 rings (SSSR count). The Morgan fingerprint density at radius 2 is 1.83 bits per heavy atom. The third kappa shape index (κ3) is 4.93. The minimum atomic E-state index is -3.39. The molecule has 0 radical (unpaired) electrons. The first kappa shape index (κ1) is 25.0. The summed E-state index contributed by atoms with van der Waals surface area (Å²) in [6.07, 6.45) is 4.62. The summed E-state index contributed by atoms with van der Waals surface area (Å²) in [5, 5.41) is 5.54. The number of morpholine rings is 1. The molecule has 1 aromatic carbocycles. The Hall–Kier alpha value is -2.72. The van der Waals surface area contributed by atoms with Crippen LogP contribution in [-0.4, -0.2) is 61.5 Å². The number of anilines is 2. The molecule has 2 aliphatic carbocycles. The van der Waals surface area contributed by atoms with Crippen LogP contribution in [0.25, 0.3) is 11.4 Å². The Morgan fingerprint density at radius 3 is 2.44 bits per heavy atom. The van der Waals surface area contributed by atoms with E-state index in [-0.39, 0.29) is 23.4 Å². The summed E-state index contributed by atoms with van der Waals surface area (Å²) in [7, 11) is -3.39. The number of carbonyl (C=O) groups is 1. The number of benzene rings is 1. The molecule has 0 spiro atoms. The predicted octanol–water partition coefficient (Wildman–Crippen LogP) is 3.86. The van der Waals surface area contributed by atoms with Crippen LogP contribution >= 0.6 is 0 Å². The molecule has 1 atom stereocenters. The van der Waals surface area contributed by atoms with Crippen molar-refractivity contribution in [2.45, 2.75) is 75.0 Å². The fourth-order valence-corrected chi connectivity index (χ4v) is 6.62. The van der Waals surface area contributed by atoms with Gasteiger partial charge in [-0.05, 0) is 77.1 Å². The van der Waals surface area contributed by atoms with Crippen LogP contribution in [-0.2, 0) is 19.3 Å². The molecule has 0 unspecified atom stereocenters. The Morgan fingerprint density at radius 1 is 1.11 bits per heavy atom. The number of nitrogens with one attached hydrogen (secondary N) is 2. The Bertz CT molecular complexity index is 1220. The molecule has 2 N–H and O–H groups in total. The average Bonchev–Trinajstić information content (AvgIpc) is 3.68. The molecule has 3 aliphatic rings. The molecule has 36 heavy (non-hydrogen) atoms. The lowest BCUT2D eigenvalue weighted by Gasteiger charge is -2.35. The Balaban J connectivity index is 1.46. The first-order valence-corrected chi connectivity index (χ1v) is 14.3. The summed E-state index contributed by atoms with van der Waals surface area (Å²) in [5.41, 5.74) is 1.92. The Labute approximate surface area is 213 Å². The van der Waals surface area contributed by atoms with Crippen molar-refractivity contribution in [3.63, 3.8) is 0 Å². The zero-order chi connectivity index (χ0) is 25.5. The van der Waals surface area contributed by atoms with Crippen LogP contribution in [0.1, 0.15) is 58.6 Å². The lowest BCUT2D eigenvalue weighted by atomic mass is 9.93. The highest BCUT2D eigenvalue weighted by Crippen LogP contribution is 2.42. The molecule has 3 fully saturated rings. The van der Waals surface area contributed by atoms with Gasteiger partial charge in [-0.25, -0.2) is 23.2 Å². The van der Waals surface area contributed by atoms with Gasteiger partial charge in [-0.1, -0.05) is 0 Å². The van der Waals surface area contributed by atoms with Gasteiger partial charge >= 0.3 is 6.03 Å². The van der Waals surface area contributed by atoms with Crippen molar-refractivity contribution in [1.29, 1.82) is 0 Å². The summed E-state index contributed by atoms with van der Waals surface area (Å²) < 4.78 is 31.1. The highest BCUT2D eigenvalue weighted by Gasteiger charge is 2.48. The van der Waals surface area contributed by atoms with Gasteiger partial charge in [-0.15, -0.1) is 0 Å². The van der Waals surface area contributed by atoms with Crippen LogP contribution in [0.5, 0.6) is 0 Å². The fourth-order valence-electron chi connectivity index (χ4n) is 4.64. The van der Waals surface area contributed by atoms with Crippen LogP contribution in [0.4, 0.5) is 16.3 Å². The summed E-state index contributed by atoms with van der Waals surface area (Å²) in [6.45, 7) is 7.40. The zero-order valence-corrected chi connectivity index (χ0v) is 22.0. The number of urea groups is 1. The van der Waals surface area contributed by atoms with E-state index in [0.29, 0.717) is 55.6 Å². The molecule has 0 bridgehead atoms. The van der Waals surface area contributed by atoms with Crippen molar-refractivity contribution in [3.8, 4) is 11.4 Å². The van der Waals surface area contributed by atoms with Gasteiger partial charge in [0.2, 0.25) is 0 Å². The van der Waals surface area contributed by atoms with Gasteiger partial charge in [-0.3, -0.25) is 0 Å². The maximum absolute atomic E-state index is 13.3. The minimum Gasteiger partial charge on any atom is -0.377 e.